The van der Waals surface area contributed by atoms with E-state index in [4.69, 9.17) is 10.8 Å². The van der Waals surface area contributed by atoms with Gasteiger partial charge < -0.3 is 16.2 Å². The maximum Gasteiger partial charge on any atom is 0.241 e. The molecule has 1 rings (SSSR count). The molecule has 0 spiro atoms. The third-order valence-electron chi connectivity index (χ3n) is 2.54. The predicted molar refractivity (Wildman–Crippen MR) is 58.8 cm³/mol. The van der Waals surface area contributed by atoms with E-state index in [-0.39, 0.29) is 32.4 Å². The number of carbonyl (C=O) groups is 4. The molecule has 4 amide bonds. The Morgan fingerprint density at radius 3 is 2.33 bits per heavy atom. The van der Waals surface area contributed by atoms with Gasteiger partial charge in [-0.1, -0.05) is 0 Å². The molecule has 0 aromatic carbocycles. The van der Waals surface area contributed by atoms with Crippen LogP contribution in [0.3, 0.4) is 0 Å². The van der Waals surface area contributed by atoms with Crippen molar-refractivity contribution < 1.29 is 24.3 Å². The highest BCUT2D eigenvalue weighted by Crippen LogP contribution is 2.17. The van der Waals surface area contributed by atoms with Crippen LogP contribution in [0.15, 0.2) is 0 Å². The van der Waals surface area contributed by atoms with Gasteiger partial charge in [-0.3, -0.25) is 24.1 Å². The van der Waals surface area contributed by atoms with Gasteiger partial charge in [0.05, 0.1) is 13.0 Å². The Labute approximate surface area is 103 Å². The third kappa shape index (κ3) is 3.27. The summed E-state index contributed by atoms with van der Waals surface area (Å²) in [5, 5.41) is 10.9. The average Bonchev–Trinajstić information content (AvgIpc) is 2.63. The number of imide groups is 1. The first-order valence-electron chi connectivity index (χ1n) is 5.49. The lowest BCUT2D eigenvalue weighted by Gasteiger charge is -2.22. The minimum atomic E-state index is -1.26. The Balaban J connectivity index is 2.71. The van der Waals surface area contributed by atoms with Crippen LogP contribution in [0, 0.1) is 0 Å². The molecule has 4 N–H and O–H groups in total. The fourth-order valence-electron chi connectivity index (χ4n) is 1.70. The number of primary amides is 1. The summed E-state index contributed by atoms with van der Waals surface area (Å²) in [6.45, 7) is -0.208. The summed E-state index contributed by atoms with van der Waals surface area (Å²) in [6, 6.07) is -1.26. The molecule has 1 heterocycles. The Morgan fingerprint density at radius 2 is 1.89 bits per heavy atom. The fourth-order valence-corrected chi connectivity index (χ4v) is 1.70. The second kappa shape index (κ2) is 6.10. The van der Waals surface area contributed by atoms with Gasteiger partial charge in [0.1, 0.15) is 6.04 Å². The van der Waals surface area contributed by atoms with Crippen LogP contribution in [-0.4, -0.2) is 52.8 Å². The van der Waals surface area contributed by atoms with Crippen molar-refractivity contribution in [3.05, 3.63) is 0 Å². The van der Waals surface area contributed by atoms with E-state index >= 15 is 0 Å². The van der Waals surface area contributed by atoms with Crippen LogP contribution in [0.5, 0.6) is 0 Å². The first-order valence-corrected chi connectivity index (χ1v) is 5.49. The number of amides is 4. The summed E-state index contributed by atoms with van der Waals surface area (Å²) < 4.78 is 0. The quantitative estimate of drug-likeness (QED) is 0.452. The van der Waals surface area contributed by atoms with E-state index in [1.807, 2.05) is 0 Å². The van der Waals surface area contributed by atoms with Gasteiger partial charge in [-0.25, -0.2) is 0 Å². The van der Waals surface area contributed by atoms with E-state index in [0.29, 0.717) is 0 Å². The first-order chi connectivity index (χ1) is 8.47. The van der Waals surface area contributed by atoms with Crippen molar-refractivity contribution >= 4 is 23.6 Å². The topological polar surface area (TPSA) is 130 Å². The van der Waals surface area contributed by atoms with E-state index in [2.05, 4.69) is 5.32 Å². The van der Waals surface area contributed by atoms with Gasteiger partial charge in [0.25, 0.3) is 0 Å². The molecular formula is C10H15N3O5. The molecule has 1 aliphatic heterocycles. The van der Waals surface area contributed by atoms with Crippen LogP contribution in [-0.2, 0) is 19.2 Å². The molecule has 0 aromatic heterocycles. The second-order valence-electron chi connectivity index (χ2n) is 3.85. The number of aliphatic hydroxyl groups is 1. The molecular weight excluding hydrogens is 242 g/mol. The van der Waals surface area contributed by atoms with E-state index in [9.17, 15) is 19.2 Å². The van der Waals surface area contributed by atoms with Crippen molar-refractivity contribution in [3.8, 4) is 0 Å². The molecule has 1 unspecified atom stereocenters. The second-order valence-corrected chi connectivity index (χ2v) is 3.85. The molecule has 0 bridgehead atoms. The molecule has 1 atom stereocenters. The summed E-state index contributed by atoms with van der Waals surface area (Å²) in [4.78, 5) is 46.3. The summed E-state index contributed by atoms with van der Waals surface area (Å²) in [7, 11) is 0. The molecule has 0 aliphatic carbocycles. The third-order valence-corrected chi connectivity index (χ3v) is 2.54. The highest BCUT2D eigenvalue weighted by atomic mass is 16.3. The number of carbonyl (C=O) groups excluding carboxylic acids is 4. The van der Waals surface area contributed by atoms with Gasteiger partial charge in [0, 0.05) is 19.4 Å². The standard InChI is InChI=1S/C10H15N3O5/c11-10(18)6(5-7(15)12-3-4-14)13-8(16)1-2-9(13)17/h6,14H,1-5H2,(H2,11,18)(H,12,15). The lowest BCUT2D eigenvalue weighted by molar-refractivity contribution is -0.146. The molecule has 1 aliphatic rings. The zero-order valence-corrected chi connectivity index (χ0v) is 9.72. The minimum Gasteiger partial charge on any atom is -0.395 e. The molecule has 0 radical (unpaired) electrons. The highest BCUT2D eigenvalue weighted by Gasteiger charge is 2.38. The van der Waals surface area contributed by atoms with E-state index < -0.39 is 29.7 Å². The molecule has 1 fully saturated rings. The normalized spacial score (nSPS) is 16.8. The van der Waals surface area contributed by atoms with Crippen molar-refractivity contribution in [3.63, 3.8) is 0 Å². The number of nitrogens with one attached hydrogen (secondary N) is 1. The number of nitrogens with zero attached hydrogens (tertiary/aromatic N) is 1. The lowest BCUT2D eigenvalue weighted by atomic mass is 10.1. The van der Waals surface area contributed by atoms with Crippen LogP contribution in [0.2, 0.25) is 0 Å². The van der Waals surface area contributed by atoms with Gasteiger partial charge >= 0.3 is 0 Å². The number of aliphatic hydroxyl groups excluding tert-OH is 1. The van der Waals surface area contributed by atoms with Crippen LogP contribution >= 0.6 is 0 Å². The molecule has 0 aromatic rings. The molecule has 1 saturated heterocycles. The number of rotatable bonds is 6. The SMILES string of the molecule is NC(=O)C(CC(=O)NCCO)N1C(=O)CCC1=O. The number of hydrogen-bond donors (Lipinski definition) is 3. The average molecular weight is 257 g/mol. The van der Waals surface area contributed by atoms with Gasteiger partial charge in [0.15, 0.2) is 0 Å². The van der Waals surface area contributed by atoms with Crippen LogP contribution in [0.1, 0.15) is 19.3 Å². The van der Waals surface area contributed by atoms with E-state index in [1.165, 1.54) is 0 Å². The Bertz CT molecular complexity index is 366. The largest absolute Gasteiger partial charge is 0.395 e. The fraction of sp³-hybridized carbons (Fsp3) is 0.600. The predicted octanol–water partition coefficient (Wildman–Crippen LogP) is -2.51. The first kappa shape index (κ1) is 14.1. The van der Waals surface area contributed by atoms with Crippen LogP contribution in [0.4, 0.5) is 0 Å². The number of likely N-dealkylation sites (tertiary alicyclic amines) is 1. The molecule has 8 heteroatoms. The van der Waals surface area contributed by atoms with Crippen molar-refractivity contribution in [1.29, 1.82) is 0 Å². The maximum atomic E-state index is 11.5. The number of nitrogens with two attached hydrogens (primary N) is 1. The summed E-state index contributed by atoms with van der Waals surface area (Å²) >= 11 is 0. The van der Waals surface area contributed by atoms with Crippen molar-refractivity contribution in [1.82, 2.24) is 10.2 Å². The van der Waals surface area contributed by atoms with Gasteiger partial charge in [-0.05, 0) is 0 Å². The minimum absolute atomic E-state index is 0.0286. The van der Waals surface area contributed by atoms with Gasteiger partial charge in [-0.2, -0.15) is 0 Å². The molecule has 18 heavy (non-hydrogen) atoms. The summed E-state index contributed by atoms with van der Waals surface area (Å²) in [5.74, 6) is -2.46. The van der Waals surface area contributed by atoms with Gasteiger partial charge in [-0.15, -0.1) is 0 Å². The summed E-state index contributed by atoms with van der Waals surface area (Å²) in [5.41, 5.74) is 5.10. The van der Waals surface area contributed by atoms with E-state index in [1.54, 1.807) is 0 Å². The highest BCUT2D eigenvalue weighted by molar-refractivity contribution is 6.06. The Hall–Kier alpha value is -1.96. The zero-order chi connectivity index (χ0) is 13.7. The Morgan fingerprint density at radius 1 is 1.33 bits per heavy atom. The van der Waals surface area contributed by atoms with Crippen molar-refractivity contribution in [2.45, 2.75) is 25.3 Å². The van der Waals surface area contributed by atoms with Crippen LogP contribution < -0.4 is 11.1 Å². The van der Waals surface area contributed by atoms with Crippen molar-refractivity contribution in [2.24, 2.45) is 5.73 Å². The molecule has 8 nitrogen and oxygen atoms in total. The van der Waals surface area contributed by atoms with Crippen LogP contribution in [0.25, 0.3) is 0 Å². The zero-order valence-electron chi connectivity index (χ0n) is 9.72. The monoisotopic (exact) mass is 257 g/mol. The molecule has 0 saturated carbocycles. The maximum absolute atomic E-state index is 11.5. The molecule has 100 valence electrons. The van der Waals surface area contributed by atoms with Crippen molar-refractivity contribution in [2.75, 3.05) is 13.2 Å². The lowest BCUT2D eigenvalue weighted by Crippen LogP contribution is -2.49. The number of hydrogen-bond acceptors (Lipinski definition) is 5. The summed E-state index contributed by atoms with van der Waals surface area (Å²) in [6.07, 6.45) is -0.325. The Kier molecular flexibility index (Phi) is 4.78. The smallest absolute Gasteiger partial charge is 0.241 e. The van der Waals surface area contributed by atoms with E-state index in [0.717, 1.165) is 4.90 Å². The van der Waals surface area contributed by atoms with Gasteiger partial charge in [0.2, 0.25) is 23.6 Å².